The van der Waals surface area contributed by atoms with Crippen LogP contribution in [0.25, 0.3) is 0 Å². The first-order valence-corrected chi connectivity index (χ1v) is 10.4. The normalized spacial score (nSPS) is 12.3. The number of nitrogens with one attached hydrogen (secondary N) is 4. The fraction of sp³-hybridized carbons (Fsp3) is 0.565. The largest absolute Gasteiger partial charge is 0.443 e. The molecular formula is C23H41N5O2. The second kappa shape index (κ2) is 15.5. The molecule has 0 unspecified atom stereocenters. The van der Waals surface area contributed by atoms with Crippen molar-refractivity contribution in [1.29, 1.82) is 5.41 Å². The van der Waals surface area contributed by atoms with Gasteiger partial charge in [0, 0.05) is 37.7 Å². The fourth-order valence-corrected chi connectivity index (χ4v) is 2.43. The van der Waals surface area contributed by atoms with Gasteiger partial charge in [0.2, 0.25) is 0 Å². The van der Waals surface area contributed by atoms with Crippen LogP contribution in [-0.4, -0.2) is 49.6 Å². The van der Waals surface area contributed by atoms with Crippen LogP contribution >= 0.6 is 0 Å². The summed E-state index contributed by atoms with van der Waals surface area (Å²) in [6.07, 6.45) is 10.3. The number of amides is 1. The van der Waals surface area contributed by atoms with E-state index in [4.69, 9.17) is 10.1 Å². The number of ether oxygens (including phenoxy) is 1. The Kier molecular flexibility index (Phi) is 14.2. The van der Waals surface area contributed by atoms with Crippen LogP contribution in [0.15, 0.2) is 48.4 Å². The standard InChI is InChI=1S/C23H41N5O2/c1-8-9-10-11-12-13-28(22(29)30-23(4,5)6)27-18-21(15-24)14-20(3)26-17-19(2)16-25-7/h8,14-15,17,24-27H,1,3,9-13,16,18H2,2,4-7H3/b19-17+,21-14+,24-15?. The van der Waals surface area contributed by atoms with E-state index >= 15 is 0 Å². The summed E-state index contributed by atoms with van der Waals surface area (Å²) in [6.45, 7) is 16.9. The Morgan fingerprint density at radius 2 is 1.90 bits per heavy atom. The Morgan fingerprint density at radius 1 is 1.20 bits per heavy atom. The molecule has 0 heterocycles. The average molecular weight is 420 g/mol. The first kappa shape index (κ1) is 27.6. The molecule has 0 aromatic carbocycles. The van der Waals surface area contributed by atoms with Gasteiger partial charge < -0.3 is 20.8 Å². The summed E-state index contributed by atoms with van der Waals surface area (Å²) < 4.78 is 5.50. The molecule has 0 aliphatic heterocycles. The van der Waals surface area contributed by atoms with Crippen LogP contribution in [0.3, 0.4) is 0 Å². The monoisotopic (exact) mass is 419 g/mol. The highest BCUT2D eigenvalue weighted by Gasteiger charge is 2.21. The van der Waals surface area contributed by atoms with Crippen molar-refractivity contribution in [3.05, 3.63) is 48.4 Å². The molecule has 1 amide bonds. The van der Waals surface area contributed by atoms with E-state index in [-0.39, 0.29) is 0 Å². The van der Waals surface area contributed by atoms with E-state index in [1.807, 2.05) is 47.0 Å². The quantitative estimate of drug-likeness (QED) is 0.105. The molecule has 0 rings (SSSR count). The summed E-state index contributed by atoms with van der Waals surface area (Å²) in [5, 5.41) is 15.4. The molecule has 7 heteroatoms. The average Bonchev–Trinajstić information content (AvgIpc) is 2.66. The molecule has 0 saturated carbocycles. The summed E-state index contributed by atoms with van der Waals surface area (Å²) in [5.74, 6) is 0. The van der Waals surface area contributed by atoms with Gasteiger partial charge >= 0.3 is 6.09 Å². The lowest BCUT2D eigenvalue weighted by Crippen LogP contribution is -2.46. The third-order valence-corrected chi connectivity index (χ3v) is 3.88. The Hall–Kier alpha value is -2.38. The van der Waals surface area contributed by atoms with Gasteiger partial charge in [-0.25, -0.2) is 15.2 Å². The summed E-state index contributed by atoms with van der Waals surface area (Å²) in [5.41, 5.74) is 5.01. The number of rotatable bonds is 15. The molecule has 4 N–H and O–H groups in total. The van der Waals surface area contributed by atoms with Gasteiger partial charge in [0.1, 0.15) is 5.60 Å². The highest BCUT2D eigenvalue weighted by molar-refractivity contribution is 5.77. The Balaban J connectivity index is 4.93. The number of carbonyl (C=O) groups excluding carboxylic acids is 1. The van der Waals surface area contributed by atoms with Crippen molar-refractivity contribution in [2.24, 2.45) is 0 Å². The maximum Gasteiger partial charge on any atom is 0.424 e. The number of unbranched alkanes of at least 4 members (excludes halogenated alkanes) is 3. The van der Waals surface area contributed by atoms with Gasteiger partial charge in [-0.15, -0.1) is 6.58 Å². The molecule has 0 atom stereocenters. The zero-order chi connectivity index (χ0) is 23.0. The number of hydrazine groups is 1. The molecule has 0 fully saturated rings. The van der Waals surface area contributed by atoms with Gasteiger partial charge in [0.05, 0.1) is 0 Å². The molecular weight excluding hydrogens is 378 g/mol. The van der Waals surface area contributed by atoms with Crippen molar-refractivity contribution >= 4 is 12.3 Å². The summed E-state index contributed by atoms with van der Waals surface area (Å²) in [7, 11) is 1.89. The highest BCUT2D eigenvalue weighted by Crippen LogP contribution is 2.10. The maximum atomic E-state index is 12.5. The zero-order valence-electron chi connectivity index (χ0n) is 19.4. The molecule has 0 saturated heterocycles. The molecule has 0 aromatic heterocycles. The molecule has 0 bridgehead atoms. The third-order valence-electron chi connectivity index (χ3n) is 3.88. The van der Waals surface area contributed by atoms with Crippen molar-refractivity contribution in [2.75, 3.05) is 26.7 Å². The number of carbonyl (C=O) groups is 1. The minimum Gasteiger partial charge on any atom is -0.443 e. The van der Waals surface area contributed by atoms with Crippen molar-refractivity contribution in [3.63, 3.8) is 0 Å². The van der Waals surface area contributed by atoms with Crippen LogP contribution in [-0.2, 0) is 4.74 Å². The topological polar surface area (TPSA) is 89.5 Å². The summed E-state index contributed by atoms with van der Waals surface area (Å²) >= 11 is 0. The van der Waals surface area contributed by atoms with E-state index in [2.05, 4.69) is 29.2 Å². The molecule has 0 aliphatic carbocycles. The van der Waals surface area contributed by atoms with Crippen LogP contribution in [0, 0.1) is 5.41 Å². The van der Waals surface area contributed by atoms with E-state index in [0.29, 0.717) is 24.4 Å². The predicted octanol–water partition coefficient (Wildman–Crippen LogP) is 4.28. The van der Waals surface area contributed by atoms with E-state index in [1.54, 1.807) is 6.08 Å². The van der Waals surface area contributed by atoms with E-state index < -0.39 is 11.7 Å². The Morgan fingerprint density at radius 3 is 2.47 bits per heavy atom. The molecule has 170 valence electrons. The van der Waals surface area contributed by atoms with E-state index in [1.165, 1.54) is 11.2 Å². The van der Waals surface area contributed by atoms with E-state index in [9.17, 15) is 4.79 Å². The van der Waals surface area contributed by atoms with Crippen LogP contribution < -0.4 is 16.1 Å². The predicted molar refractivity (Wildman–Crippen MR) is 126 cm³/mol. The van der Waals surface area contributed by atoms with Crippen molar-refractivity contribution in [2.45, 2.75) is 59.0 Å². The van der Waals surface area contributed by atoms with Crippen LogP contribution in [0.2, 0.25) is 0 Å². The van der Waals surface area contributed by atoms with Gasteiger partial charge in [-0.1, -0.05) is 19.1 Å². The van der Waals surface area contributed by atoms with Crippen LogP contribution in [0.5, 0.6) is 0 Å². The zero-order valence-corrected chi connectivity index (χ0v) is 19.4. The van der Waals surface area contributed by atoms with Crippen molar-refractivity contribution < 1.29 is 9.53 Å². The van der Waals surface area contributed by atoms with E-state index in [0.717, 1.165) is 37.8 Å². The van der Waals surface area contributed by atoms with Crippen LogP contribution in [0.1, 0.15) is 53.4 Å². The summed E-state index contributed by atoms with van der Waals surface area (Å²) in [6, 6.07) is 0. The minimum atomic E-state index is -0.574. The number of likely N-dealkylation sites (N-methyl/N-ethyl adjacent to an activating group) is 1. The first-order chi connectivity index (χ1) is 14.1. The lowest BCUT2D eigenvalue weighted by Gasteiger charge is -2.28. The molecule has 0 spiro atoms. The Bertz CT molecular complexity index is 618. The number of hydrogen-bond acceptors (Lipinski definition) is 6. The van der Waals surface area contributed by atoms with Gasteiger partial charge in [-0.2, -0.15) is 0 Å². The molecule has 0 radical (unpaired) electrons. The fourth-order valence-electron chi connectivity index (χ4n) is 2.43. The summed E-state index contributed by atoms with van der Waals surface area (Å²) in [4.78, 5) is 12.5. The smallest absolute Gasteiger partial charge is 0.424 e. The van der Waals surface area contributed by atoms with Gasteiger partial charge in [-0.3, -0.25) is 0 Å². The number of nitrogens with zero attached hydrogens (tertiary/aromatic N) is 1. The van der Waals surface area contributed by atoms with Gasteiger partial charge in [0.25, 0.3) is 0 Å². The van der Waals surface area contributed by atoms with Crippen LogP contribution in [0.4, 0.5) is 4.79 Å². The SMILES string of the molecule is C=CCCCCCN(NC/C(C=N)=C/C(=C)N/C=C(\C)CNC)C(=O)OC(C)(C)C. The Labute approximate surface area is 182 Å². The number of allylic oxidation sites excluding steroid dienone is 2. The minimum absolute atomic E-state index is 0.315. The molecule has 7 nitrogen and oxygen atoms in total. The van der Waals surface area contributed by atoms with Gasteiger partial charge in [-0.05, 0) is 71.2 Å². The molecule has 0 aromatic rings. The maximum absolute atomic E-state index is 12.5. The lowest BCUT2D eigenvalue weighted by atomic mass is 10.2. The lowest BCUT2D eigenvalue weighted by molar-refractivity contribution is 0.0142. The first-order valence-electron chi connectivity index (χ1n) is 10.4. The second-order valence-electron chi connectivity index (χ2n) is 8.16. The van der Waals surface area contributed by atoms with Crippen molar-refractivity contribution in [1.82, 2.24) is 21.1 Å². The molecule has 30 heavy (non-hydrogen) atoms. The highest BCUT2D eigenvalue weighted by atomic mass is 16.6. The molecule has 0 aliphatic rings. The number of hydrogen-bond donors (Lipinski definition) is 4. The van der Waals surface area contributed by atoms with Gasteiger partial charge in [0.15, 0.2) is 0 Å². The third kappa shape index (κ3) is 14.6. The second-order valence-corrected chi connectivity index (χ2v) is 8.16. The van der Waals surface area contributed by atoms with Crippen molar-refractivity contribution in [3.8, 4) is 0 Å².